The first-order valence-electron chi connectivity index (χ1n) is 15.9. The number of benzene rings is 2. The van der Waals surface area contributed by atoms with Crippen LogP contribution >= 0.6 is 22.9 Å². The van der Waals surface area contributed by atoms with E-state index in [9.17, 15) is 10.1 Å². The molecule has 0 saturated carbocycles. The van der Waals surface area contributed by atoms with Crippen molar-refractivity contribution in [2.75, 3.05) is 44.7 Å². The summed E-state index contributed by atoms with van der Waals surface area (Å²) in [5.41, 5.74) is 0.617. The molecule has 14 heteroatoms. The van der Waals surface area contributed by atoms with Crippen LogP contribution in [-0.4, -0.2) is 87.6 Å². The van der Waals surface area contributed by atoms with Crippen LogP contribution in [0.15, 0.2) is 60.0 Å². The number of halogens is 3. The fraction of sp³-hybridized carbons (Fsp3) is 0.314. The van der Waals surface area contributed by atoms with E-state index in [4.69, 9.17) is 21.3 Å². The summed E-state index contributed by atoms with van der Waals surface area (Å²) in [6.45, 7) is 1.75. The second-order valence-electron chi connectivity index (χ2n) is 12.1. The number of aromatic nitrogens is 4. The van der Waals surface area contributed by atoms with Crippen LogP contribution in [0.2, 0.25) is 5.02 Å². The summed E-state index contributed by atoms with van der Waals surface area (Å²) in [5, 5.41) is 14.0. The highest BCUT2D eigenvalue weighted by Crippen LogP contribution is 2.38. The Morgan fingerprint density at radius 2 is 2.00 bits per heavy atom. The normalized spacial score (nSPS) is 18.7. The summed E-state index contributed by atoms with van der Waals surface area (Å²) in [7, 11) is 2.03. The van der Waals surface area contributed by atoms with E-state index >= 15 is 8.78 Å². The summed E-state index contributed by atoms with van der Waals surface area (Å²) in [6.07, 6.45) is 6.11. The fourth-order valence-electron chi connectivity index (χ4n) is 6.58. The lowest BCUT2D eigenvalue weighted by atomic mass is 10.0. The number of fused-ring (bicyclic) bond motifs is 2. The molecule has 2 fully saturated rings. The Morgan fingerprint density at radius 1 is 1.16 bits per heavy atom. The molecule has 5 heterocycles. The molecule has 2 aliphatic rings. The minimum absolute atomic E-state index is 0.00238. The summed E-state index contributed by atoms with van der Waals surface area (Å²) in [5.74, 6) is -2.09. The van der Waals surface area contributed by atoms with Crippen LogP contribution in [0.1, 0.15) is 24.3 Å². The largest absolute Gasteiger partial charge is 0.462 e. The smallest absolute Gasteiger partial charge is 0.319 e. The highest BCUT2D eigenvalue weighted by Gasteiger charge is 2.34. The minimum atomic E-state index is -0.960. The molecule has 49 heavy (non-hydrogen) atoms. The monoisotopic (exact) mass is 700 g/mol. The summed E-state index contributed by atoms with van der Waals surface area (Å²) >= 11 is 7.80. The van der Waals surface area contributed by atoms with E-state index in [1.165, 1.54) is 28.6 Å². The Kier molecular flexibility index (Phi) is 9.35. The molecule has 250 valence electrons. The highest BCUT2D eigenvalue weighted by atomic mass is 35.5. The predicted octanol–water partition coefficient (Wildman–Crippen LogP) is 6.51. The molecule has 10 nitrogen and oxygen atoms in total. The third-order valence-corrected chi connectivity index (χ3v) is 10.1. The van der Waals surface area contributed by atoms with Crippen molar-refractivity contribution >= 4 is 62.4 Å². The van der Waals surface area contributed by atoms with Gasteiger partial charge in [-0.1, -0.05) is 41.9 Å². The molecule has 0 radical (unpaired) electrons. The van der Waals surface area contributed by atoms with Crippen molar-refractivity contribution in [3.05, 3.63) is 75.8 Å². The van der Waals surface area contributed by atoms with Crippen LogP contribution in [0.5, 0.6) is 6.01 Å². The Balaban J connectivity index is 1.27. The average Bonchev–Trinajstić information content (AvgIpc) is 3.78. The van der Waals surface area contributed by atoms with Gasteiger partial charge in [0.1, 0.15) is 28.6 Å². The maximum atomic E-state index is 16.7. The molecule has 7 rings (SSSR count). The Hall–Kier alpha value is -4.77. The molecule has 2 aliphatic heterocycles. The number of carbonyl (C=O) groups is 1. The van der Waals surface area contributed by atoms with Crippen molar-refractivity contribution < 1.29 is 18.3 Å². The molecule has 2 saturated heterocycles. The number of piperazine rings is 1. The van der Waals surface area contributed by atoms with Crippen molar-refractivity contribution in [3.63, 3.8) is 0 Å². The molecule has 3 aromatic heterocycles. The summed E-state index contributed by atoms with van der Waals surface area (Å²) in [6, 6.07) is 12.6. The lowest BCUT2D eigenvalue weighted by Gasteiger charge is -2.41. The zero-order valence-corrected chi connectivity index (χ0v) is 28.1. The van der Waals surface area contributed by atoms with E-state index in [2.05, 4.69) is 25.9 Å². The number of hydrogen-bond acceptors (Lipinski definition) is 10. The van der Waals surface area contributed by atoms with Crippen LogP contribution in [0, 0.1) is 17.1 Å². The van der Waals surface area contributed by atoms with Crippen molar-refractivity contribution in [1.82, 2.24) is 29.7 Å². The first-order chi connectivity index (χ1) is 23.8. The lowest BCUT2D eigenvalue weighted by molar-refractivity contribution is -0.131. The number of likely N-dealkylation sites (tertiary alicyclic amines) is 1. The van der Waals surface area contributed by atoms with Crippen LogP contribution in [0.4, 0.5) is 14.6 Å². The van der Waals surface area contributed by atoms with Gasteiger partial charge in [-0.2, -0.15) is 15.2 Å². The van der Waals surface area contributed by atoms with Crippen LogP contribution in [0.3, 0.4) is 0 Å². The van der Waals surface area contributed by atoms with Crippen LogP contribution in [0.25, 0.3) is 39.0 Å². The number of amides is 1. The number of rotatable bonds is 8. The van der Waals surface area contributed by atoms with Gasteiger partial charge in [-0.3, -0.25) is 9.78 Å². The quantitative estimate of drug-likeness (QED) is 0.167. The zero-order valence-electron chi connectivity index (χ0n) is 26.5. The number of nitriles is 1. The Bertz CT molecular complexity index is 2100. The number of likely N-dealkylation sites (N-methyl/N-ethyl adjacent to an activating group) is 1. The van der Waals surface area contributed by atoms with Gasteiger partial charge in [0, 0.05) is 65.5 Å². The van der Waals surface area contributed by atoms with Crippen LogP contribution in [-0.2, 0) is 4.79 Å². The minimum Gasteiger partial charge on any atom is -0.462 e. The number of hydrogen-bond donors (Lipinski definition) is 0. The Morgan fingerprint density at radius 3 is 2.76 bits per heavy atom. The molecule has 0 bridgehead atoms. The number of pyridine rings is 1. The van der Waals surface area contributed by atoms with Gasteiger partial charge in [-0.25, -0.2) is 13.8 Å². The Labute approximate surface area is 290 Å². The van der Waals surface area contributed by atoms with E-state index in [1.807, 2.05) is 36.2 Å². The summed E-state index contributed by atoms with van der Waals surface area (Å²) < 4.78 is 37.9. The molecule has 1 amide bonds. The molecular formula is C35H31ClF2N8O2S. The second kappa shape index (κ2) is 14.0. The number of anilines is 1. The molecule has 2 aromatic carbocycles. The number of ether oxygens (including phenoxy) is 1. The third kappa shape index (κ3) is 6.51. The fourth-order valence-corrected chi connectivity index (χ4v) is 7.41. The first kappa shape index (κ1) is 32.8. The van der Waals surface area contributed by atoms with Crippen molar-refractivity contribution in [2.24, 2.45) is 0 Å². The lowest BCUT2D eigenvalue weighted by Crippen LogP contribution is -2.55. The van der Waals surface area contributed by atoms with E-state index in [0.717, 1.165) is 30.8 Å². The van der Waals surface area contributed by atoms with Gasteiger partial charge in [0.25, 0.3) is 5.91 Å². The molecule has 0 aliphatic carbocycles. The highest BCUT2D eigenvalue weighted by molar-refractivity contribution is 7.10. The number of carbonyl (C=O) groups excluding carboxylic acids is 1. The zero-order chi connectivity index (χ0) is 34.1. The maximum absolute atomic E-state index is 16.7. The van der Waals surface area contributed by atoms with E-state index in [-0.39, 0.29) is 49.3 Å². The molecule has 0 spiro atoms. The van der Waals surface area contributed by atoms with Gasteiger partial charge in [-0.05, 0) is 37.9 Å². The molecule has 5 aromatic rings. The van der Waals surface area contributed by atoms with Crippen LogP contribution < -0.4 is 9.64 Å². The molecule has 0 N–H and O–H groups in total. The van der Waals surface area contributed by atoms with Gasteiger partial charge in [0.2, 0.25) is 0 Å². The standard InChI is InChI=1S/C35H31ClF2N8O2S/c1-44-13-4-7-23(44)20-48-35-42-32-25(18-41-31(30(32)38)24-8-2-5-21-6-3-9-26(36)29(21)24)33(43-35)45-14-15-46(22(19-45)10-11-39)34(47)27(37)17-28-40-12-16-49-28/h2-3,5-6,8-9,12,16-18,22-23H,4,7,10,13-15,19-20H2,1H3/b27-17-. The van der Waals surface area contributed by atoms with Gasteiger partial charge in [0.15, 0.2) is 11.6 Å². The SMILES string of the molecule is CN1CCCC1COc1nc(N2CCN(C(=O)/C(F)=C/c3nccs3)C(CC#N)C2)c2cnc(-c3cccc4cccc(Cl)c34)c(F)c2n1. The summed E-state index contributed by atoms with van der Waals surface area (Å²) in [4.78, 5) is 36.5. The number of thiazole rings is 1. The van der Waals surface area contributed by atoms with E-state index < -0.39 is 23.6 Å². The average molecular weight is 701 g/mol. The molecule has 2 unspecified atom stereocenters. The maximum Gasteiger partial charge on any atom is 0.319 e. The van der Waals surface area contributed by atoms with E-state index in [0.29, 0.717) is 38.8 Å². The number of nitrogens with zero attached hydrogens (tertiary/aromatic N) is 8. The van der Waals surface area contributed by atoms with Gasteiger partial charge in [-0.15, -0.1) is 11.3 Å². The topological polar surface area (TPSA) is 111 Å². The molecule has 2 atom stereocenters. The van der Waals surface area contributed by atoms with Crippen molar-refractivity contribution in [2.45, 2.75) is 31.3 Å². The van der Waals surface area contributed by atoms with Crippen molar-refractivity contribution in [3.8, 4) is 23.3 Å². The predicted molar refractivity (Wildman–Crippen MR) is 186 cm³/mol. The third-order valence-electron chi connectivity index (χ3n) is 9.10. The van der Waals surface area contributed by atoms with E-state index in [1.54, 1.807) is 17.5 Å². The molecular weight excluding hydrogens is 670 g/mol. The first-order valence-corrected chi connectivity index (χ1v) is 17.1. The van der Waals surface area contributed by atoms with Crippen molar-refractivity contribution in [1.29, 1.82) is 5.26 Å². The van der Waals surface area contributed by atoms with Gasteiger partial charge in [0.05, 0.1) is 23.9 Å². The van der Waals surface area contributed by atoms with Gasteiger partial charge >= 0.3 is 6.01 Å². The van der Waals surface area contributed by atoms with Gasteiger partial charge < -0.3 is 19.4 Å². The second-order valence-corrected chi connectivity index (χ2v) is 13.4.